The SMILES string of the molecule is CCC(O)CN(C)C(C)c1cccs1. The van der Waals surface area contributed by atoms with Gasteiger partial charge in [-0.05, 0) is 31.8 Å². The van der Waals surface area contributed by atoms with Gasteiger partial charge in [-0.1, -0.05) is 13.0 Å². The summed E-state index contributed by atoms with van der Waals surface area (Å²) in [6.45, 7) is 4.93. The van der Waals surface area contributed by atoms with Crippen molar-refractivity contribution in [3.8, 4) is 0 Å². The molecular formula is C11H19NOS. The highest BCUT2D eigenvalue weighted by Gasteiger charge is 2.14. The summed E-state index contributed by atoms with van der Waals surface area (Å²) in [6.07, 6.45) is 0.615. The topological polar surface area (TPSA) is 23.5 Å². The van der Waals surface area contributed by atoms with Gasteiger partial charge in [-0.25, -0.2) is 0 Å². The standard InChI is InChI=1S/C11H19NOS/c1-4-10(13)8-12(3)9(2)11-6-5-7-14-11/h5-7,9-10,13H,4,8H2,1-3H3. The molecule has 0 radical (unpaired) electrons. The van der Waals surface area contributed by atoms with Crippen LogP contribution in [-0.4, -0.2) is 29.7 Å². The summed E-state index contributed by atoms with van der Waals surface area (Å²) in [6, 6.07) is 4.61. The van der Waals surface area contributed by atoms with Gasteiger partial charge in [-0.15, -0.1) is 11.3 Å². The van der Waals surface area contributed by atoms with E-state index in [1.807, 2.05) is 6.92 Å². The van der Waals surface area contributed by atoms with Crippen LogP contribution in [0.15, 0.2) is 17.5 Å². The minimum atomic E-state index is -0.206. The van der Waals surface area contributed by atoms with Crippen LogP contribution in [0.5, 0.6) is 0 Å². The van der Waals surface area contributed by atoms with Crippen molar-refractivity contribution in [3.63, 3.8) is 0 Å². The van der Waals surface area contributed by atoms with E-state index < -0.39 is 0 Å². The Morgan fingerprint density at radius 2 is 2.29 bits per heavy atom. The smallest absolute Gasteiger partial charge is 0.0664 e. The largest absolute Gasteiger partial charge is 0.392 e. The maximum atomic E-state index is 9.54. The minimum Gasteiger partial charge on any atom is -0.392 e. The van der Waals surface area contributed by atoms with E-state index in [0.717, 1.165) is 13.0 Å². The molecule has 0 saturated carbocycles. The van der Waals surface area contributed by atoms with Crippen LogP contribution in [0.25, 0.3) is 0 Å². The molecule has 1 aromatic rings. The Kier molecular flexibility index (Phi) is 4.58. The summed E-state index contributed by atoms with van der Waals surface area (Å²) in [4.78, 5) is 3.55. The second-order valence-corrected chi connectivity index (χ2v) is 4.67. The Morgan fingerprint density at radius 1 is 1.57 bits per heavy atom. The predicted molar refractivity (Wildman–Crippen MR) is 61.7 cm³/mol. The van der Waals surface area contributed by atoms with Crippen molar-refractivity contribution in [1.82, 2.24) is 4.90 Å². The van der Waals surface area contributed by atoms with Crippen LogP contribution < -0.4 is 0 Å². The normalized spacial score (nSPS) is 15.8. The highest BCUT2D eigenvalue weighted by molar-refractivity contribution is 7.10. The Morgan fingerprint density at radius 3 is 2.79 bits per heavy atom. The van der Waals surface area contributed by atoms with Crippen molar-refractivity contribution >= 4 is 11.3 Å². The lowest BCUT2D eigenvalue weighted by Crippen LogP contribution is -2.30. The second-order valence-electron chi connectivity index (χ2n) is 3.69. The highest BCUT2D eigenvalue weighted by atomic mass is 32.1. The van der Waals surface area contributed by atoms with Gasteiger partial charge in [0.25, 0.3) is 0 Å². The van der Waals surface area contributed by atoms with Gasteiger partial charge in [-0.3, -0.25) is 4.90 Å². The summed E-state index contributed by atoms with van der Waals surface area (Å²) < 4.78 is 0. The number of hydrogen-bond donors (Lipinski definition) is 1. The Balaban J connectivity index is 2.48. The summed E-state index contributed by atoms with van der Waals surface area (Å²) in [7, 11) is 2.06. The first-order valence-corrected chi connectivity index (χ1v) is 5.94. The van der Waals surface area contributed by atoms with Crippen LogP contribution in [-0.2, 0) is 0 Å². The van der Waals surface area contributed by atoms with Gasteiger partial charge in [0.15, 0.2) is 0 Å². The van der Waals surface area contributed by atoms with E-state index in [1.54, 1.807) is 11.3 Å². The number of rotatable bonds is 5. The number of hydrogen-bond acceptors (Lipinski definition) is 3. The molecule has 0 aliphatic heterocycles. The molecule has 0 spiro atoms. The average molecular weight is 213 g/mol. The van der Waals surface area contributed by atoms with Crippen molar-refractivity contribution < 1.29 is 5.11 Å². The lowest BCUT2D eigenvalue weighted by molar-refractivity contribution is 0.106. The van der Waals surface area contributed by atoms with Crippen molar-refractivity contribution in [1.29, 1.82) is 0 Å². The molecule has 2 nitrogen and oxygen atoms in total. The van der Waals surface area contributed by atoms with Gasteiger partial charge >= 0.3 is 0 Å². The van der Waals surface area contributed by atoms with E-state index >= 15 is 0 Å². The molecule has 80 valence electrons. The monoisotopic (exact) mass is 213 g/mol. The minimum absolute atomic E-state index is 0.206. The van der Waals surface area contributed by atoms with Gasteiger partial charge in [0.05, 0.1) is 6.10 Å². The molecular weight excluding hydrogens is 194 g/mol. The van der Waals surface area contributed by atoms with E-state index in [-0.39, 0.29) is 6.10 Å². The summed E-state index contributed by atoms with van der Waals surface area (Å²) in [5.74, 6) is 0. The first-order valence-electron chi connectivity index (χ1n) is 5.06. The number of aliphatic hydroxyl groups is 1. The fourth-order valence-corrected chi connectivity index (χ4v) is 2.21. The van der Waals surface area contributed by atoms with Crippen molar-refractivity contribution in [2.45, 2.75) is 32.4 Å². The number of thiophene rings is 1. The van der Waals surface area contributed by atoms with Gasteiger partial charge in [0, 0.05) is 17.5 Å². The molecule has 0 saturated heterocycles. The van der Waals surface area contributed by atoms with Gasteiger partial charge in [-0.2, -0.15) is 0 Å². The third-order valence-corrected chi connectivity index (χ3v) is 3.63. The molecule has 1 N–H and O–H groups in total. The fraction of sp³-hybridized carbons (Fsp3) is 0.636. The summed E-state index contributed by atoms with van der Waals surface area (Å²) in [5.41, 5.74) is 0. The van der Waals surface area contributed by atoms with Crippen LogP contribution in [0.1, 0.15) is 31.2 Å². The molecule has 0 amide bonds. The molecule has 2 unspecified atom stereocenters. The third kappa shape index (κ3) is 3.08. The van der Waals surface area contributed by atoms with Gasteiger partial charge < -0.3 is 5.11 Å². The first kappa shape index (κ1) is 11.7. The van der Waals surface area contributed by atoms with E-state index in [9.17, 15) is 5.11 Å². The van der Waals surface area contributed by atoms with Crippen molar-refractivity contribution in [2.75, 3.05) is 13.6 Å². The number of aliphatic hydroxyl groups excluding tert-OH is 1. The zero-order valence-corrected chi connectivity index (χ0v) is 9.92. The van der Waals surface area contributed by atoms with Crippen molar-refractivity contribution in [3.05, 3.63) is 22.4 Å². The maximum absolute atomic E-state index is 9.54. The summed E-state index contributed by atoms with van der Waals surface area (Å²) >= 11 is 1.77. The summed E-state index contributed by atoms with van der Waals surface area (Å²) in [5, 5.41) is 11.6. The van der Waals surface area contributed by atoms with Gasteiger partial charge in [0.1, 0.15) is 0 Å². The van der Waals surface area contributed by atoms with Crippen molar-refractivity contribution in [2.24, 2.45) is 0 Å². The molecule has 1 rings (SSSR count). The number of nitrogens with zero attached hydrogens (tertiary/aromatic N) is 1. The van der Waals surface area contributed by atoms with Crippen LogP contribution in [0.2, 0.25) is 0 Å². The predicted octanol–water partition coefficient (Wildman–Crippen LogP) is 2.51. The molecule has 0 aliphatic rings. The van der Waals surface area contributed by atoms with E-state index in [0.29, 0.717) is 6.04 Å². The Labute approximate surface area is 90.2 Å². The van der Waals surface area contributed by atoms with Crippen LogP contribution in [0.3, 0.4) is 0 Å². The number of likely N-dealkylation sites (N-methyl/N-ethyl adjacent to an activating group) is 1. The molecule has 3 heteroatoms. The molecule has 2 atom stereocenters. The molecule has 14 heavy (non-hydrogen) atoms. The molecule has 0 aromatic carbocycles. The first-order chi connectivity index (χ1) is 6.65. The molecule has 0 fully saturated rings. The van der Waals surface area contributed by atoms with E-state index in [1.165, 1.54) is 4.88 Å². The highest BCUT2D eigenvalue weighted by Crippen LogP contribution is 2.23. The molecule has 0 bridgehead atoms. The molecule has 0 aliphatic carbocycles. The quantitative estimate of drug-likeness (QED) is 0.812. The second kappa shape index (κ2) is 5.49. The zero-order valence-electron chi connectivity index (χ0n) is 9.10. The van der Waals surface area contributed by atoms with E-state index in [2.05, 4.69) is 36.4 Å². The average Bonchev–Trinajstić information content (AvgIpc) is 2.69. The zero-order chi connectivity index (χ0) is 10.6. The molecule has 1 aromatic heterocycles. The molecule has 1 heterocycles. The maximum Gasteiger partial charge on any atom is 0.0664 e. The van der Waals surface area contributed by atoms with Crippen LogP contribution in [0.4, 0.5) is 0 Å². The van der Waals surface area contributed by atoms with Crippen LogP contribution in [0, 0.1) is 0 Å². The van der Waals surface area contributed by atoms with Gasteiger partial charge in [0.2, 0.25) is 0 Å². The van der Waals surface area contributed by atoms with E-state index in [4.69, 9.17) is 0 Å². The lowest BCUT2D eigenvalue weighted by Gasteiger charge is -2.25. The Hall–Kier alpha value is -0.380. The third-order valence-electron chi connectivity index (χ3n) is 2.59. The Bertz CT molecular complexity index is 248. The lowest BCUT2D eigenvalue weighted by atomic mass is 10.2. The van der Waals surface area contributed by atoms with Crippen LogP contribution >= 0.6 is 11.3 Å². The fourth-order valence-electron chi connectivity index (χ4n) is 1.37.